The van der Waals surface area contributed by atoms with Crippen LogP contribution in [0.1, 0.15) is 39.5 Å². The third-order valence-electron chi connectivity index (χ3n) is 7.33. The maximum absolute atomic E-state index is 13.2. The lowest BCUT2D eigenvalue weighted by Crippen LogP contribution is -2.37. The second kappa shape index (κ2) is 9.57. The molecule has 1 aliphatic carbocycles. The van der Waals surface area contributed by atoms with Crippen molar-refractivity contribution in [3.63, 3.8) is 0 Å². The van der Waals surface area contributed by atoms with E-state index in [1.54, 1.807) is 17.4 Å². The van der Waals surface area contributed by atoms with Crippen LogP contribution in [-0.2, 0) is 4.79 Å². The average molecular weight is 526 g/mol. The van der Waals surface area contributed by atoms with Crippen molar-refractivity contribution in [1.29, 1.82) is 0 Å². The summed E-state index contributed by atoms with van der Waals surface area (Å²) in [6, 6.07) is 19.6. The summed E-state index contributed by atoms with van der Waals surface area (Å²) >= 11 is 1.70. The zero-order chi connectivity index (χ0) is 26.4. The molecule has 1 aliphatic rings. The number of para-hydroxylation sites is 1. The van der Waals surface area contributed by atoms with Gasteiger partial charge in [0.05, 0.1) is 10.9 Å². The monoisotopic (exact) mass is 525 g/mol. The standard InChI is InChI=1S/C31H31N3O3S/c1-3-15-34(16-4-2)27-18-25(35)23-10-5-7-20(28(23)37-27)21-8-6-9-22-24-17-19(11-12-26(24)38-29(21)22)33-30(36)31(32)13-14-31/h5-12,17-18H,3-4,13-16,32H2,1-2H3,(H,33,36). The van der Waals surface area contributed by atoms with Crippen molar-refractivity contribution < 1.29 is 9.21 Å². The number of nitrogens with one attached hydrogen (secondary N) is 1. The Morgan fingerprint density at radius 1 is 0.974 bits per heavy atom. The second-order valence-electron chi connectivity index (χ2n) is 10.2. The Morgan fingerprint density at radius 2 is 1.68 bits per heavy atom. The molecule has 3 aromatic carbocycles. The number of fused-ring (bicyclic) bond motifs is 4. The van der Waals surface area contributed by atoms with Gasteiger partial charge in [0.15, 0.2) is 11.3 Å². The van der Waals surface area contributed by atoms with E-state index >= 15 is 0 Å². The molecule has 0 unspecified atom stereocenters. The van der Waals surface area contributed by atoms with E-state index in [9.17, 15) is 9.59 Å². The quantitative estimate of drug-likeness (QED) is 0.230. The normalized spacial score (nSPS) is 14.3. The summed E-state index contributed by atoms with van der Waals surface area (Å²) in [6.07, 6.45) is 3.39. The van der Waals surface area contributed by atoms with Crippen LogP contribution in [0.15, 0.2) is 69.9 Å². The number of nitrogens with zero attached hydrogens (tertiary/aromatic N) is 1. The van der Waals surface area contributed by atoms with E-state index in [1.165, 1.54) is 0 Å². The van der Waals surface area contributed by atoms with Crippen LogP contribution in [0, 0.1) is 0 Å². The summed E-state index contributed by atoms with van der Waals surface area (Å²) in [5, 5.41) is 5.75. The molecule has 0 atom stereocenters. The third kappa shape index (κ3) is 4.25. The lowest BCUT2D eigenvalue weighted by Gasteiger charge is -2.22. The van der Waals surface area contributed by atoms with Gasteiger partial charge in [0.1, 0.15) is 5.58 Å². The van der Waals surface area contributed by atoms with Gasteiger partial charge < -0.3 is 20.4 Å². The Kier molecular flexibility index (Phi) is 6.20. The summed E-state index contributed by atoms with van der Waals surface area (Å²) in [6.45, 7) is 5.93. The number of benzene rings is 3. The maximum atomic E-state index is 13.2. The Bertz CT molecular complexity index is 1740. The van der Waals surface area contributed by atoms with E-state index in [0.717, 1.165) is 75.8 Å². The van der Waals surface area contributed by atoms with Gasteiger partial charge in [-0.05, 0) is 49.9 Å². The van der Waals surface area contributed by atoms with Gasteiger partial charge in [0.2, 0.25) is 5.91 Å². The molecule has 6 nitrogen and oxygen atoms in total. The van der Waals surface area contributed by atoms with Gasteiger partial charge in [-0.3, -0.25) is 9.59 Å². The van der Waals surface area contributed by atoms with Crippen molar-refractivity contribution in [3.8, 4) is 11.1 Å². The van der Waals surface area contributed by atoms with E-state index < -0.39 is 5.54 Å². The van der Waals surface area contributed by atoms with Crippen molar-refractivity contribution in [3.05, 3.63) is 70.9 Å². The minimum Gasteiger partial charge on any atom is -0.440 e. The molecule has 0 radical (unpaired) electrons. The number of hydrogen-bond donors (Lipinski definition) is 2. The van der Waals surface area contributed by atoms with Crippen molar-refractivity contribution in [2.75, 3.05) is 23.3 Å². The fraction of sp³-hybridized carbons (Fsp3) is 0.290. The fourth-order valence-corrected chi connectivity index (χ4v) is 6.32. The number of hydrogen-bond acceptors (Lipinski definition) is 6. The molecule has 0 aliphatic heterocycles. The zero-order valence-corrected chi connectivity index (χ0v) is 22.5. The molecule has 38 heavy (non-hydrogen) atoms. The predicted molar refractivity (Wildman–Crippen MR) is 158 cm³/mol. The number of rotatable bonds is 8. The van der Waals surface area contributed by atoms with Gasteiger partial charge in [-0.15, -0.1) is 11.3 Å². The van der Waals surface area contributed by atoms with E-state index in [-0.39, 0.29) is 11.3 Å². The van der Waals surface area contributed by atoms with Gasteiger partial charge >= 0.3 is 0 Å². The van der Waals surface area contributed by atoms with E-state index in [2.05, 4.69) is 36.2 Å². The lowest BCUT2D eigenvalue weighted by molar-refractivity contribution is -0.118. The topological polar surface area (TPSA) is 88.6 Å². The SMILES string of the molecule is CCCN(CCC)c1cc(=O)c2cccc(-c3cccc4c3sc3ccc(NC(=O)C5(N)CC5)cc34)c2o1. The van der Waals surface area contributed by atoms with Crippen molar-refractivity contribution in [2.45, 2.75) is 45.1 Å². The highest BCUT2D eigenvalue weighted by Crippen LogP contribution is 2.43. The largest absolute Gasteiger partial charge is 0.440 e. The summed E-state index contributed by atoms with van der Waals surface area (Å²) in [5.74, 6) is 0.495. The third-order valence-corrected chi connectivity index (χ3v) is 8.55. The molecule has 1 fully saturated rings. The number of carbonyl (C=O) groups is 1. The molecule has 7 heteroatoms. The minimum atomic E-state index is -0.722. The molecular formula is C31H31N3O3S. The molecule has 194 valence electrons. The first-order valence-corrected chi connectivity index (χ1v) is 14.1. The lowest BCUT2D eigenvalue weighted by atomic mass is 10.0. The van der Waals surface area contributed by atoms with E-state index in [1.807, 2.05) is 42.5 Å². The number of nitrogens with two attached hydrogens (primary N) is 1. The highest BCUT2D eigenvalue weighted by Gasteiger charge is 2.45. The Balaban J connectivity index is 1.49. The highest BCUT2D eigenvalue weighted by molar-refractivity contribution is 7.26. The minimum absolute atomic E-state index is 0.0301. The molecule has 1 saturated carbocycles. The van der Waals surface area contributed by atoms with Gasteiger partial charge in [-0.1, -0.05) is 44.2 Å². The fourth-order valence-electron chi connectivity index (χ4n) is 5.11. The number of amides is 1. The first kappa shape index (κ1) is 24.6. The van der Waals surface area contributed by atoms with Crippen LogP contribution in [0.25, 0.3) is 42.3 Å². The van der Waals surface area contributed by atoms with Crippen LogP contribution < -0.4 is 21.4 Å². The molecule has 0 bridgehead atoms. The van der Waals surface area contributed by atoms with E-state index in [4.69, 9.17) is 10.2 Å². The summed E-state index contributed by atoms with van der Waals surface area (Å²) in [5.41, 5.74) is 8.61. The number of thiophene rings is 1. The Morgan fingerprint density at radius 3 is 2.39 bits per heavy atom. The van der Waals surface area contributed by atoms with Crippen LogP contribution in [0.3, 0.4) is 0 Å². The van der Waals surface area contributed by atoms with Crippen LogP contribution in [0.5, 0.6) is 0 Å². The Labute approximate surface area is 225 Å². The molecule has 0 spiro atoms. The summed E-state index contributed by atoms with van der Waals surface area (Å²) < 4.78 is 8.73. The van der Waals surface area contributed by atoms with Crippen molar-refractivity contribution in [2.24, 2.45) is 5.73 Å². The second-order valence-corrected chi connectivity index (χ2v) is 11.3. The van der Waals surface area contributed by atoms with Crippen LogP contribution >= 0.6 is 11.3 Å². The van der Waals surface area contributed by atoms with Gasteiger partial charge in [-0.2, -0.15) is 0 Å². The van der Waals surface area contributed by atoms with E-state index in [0.29, 0.717) is 16.9 Å². The molecule has 5 aromatic rings. The first-order valence-electron chi connectivity index (χ1n) is 13.3. The summed E-state index contributed by atoms with van der Waals surface area (Å²) in [7, 11) is 0. The summed E-state index contributed by atoms with van der Waals surface area (Å²) in [4.78, 5) is 27.8. The van der Waals surface area contributed by atoms with Crippen LogP contribution in [0.4, 0.5) is 11.6 Å². The molecule has 3 N–H and O–H groups in total. The molecular weight excluding hydrogens is 494 g/mol. The van der Waals surface area contributed by atoms with Gasteiger partial charge in [-0.25, -0.2) is 0 Å². The highest BCUT2D eigenvalue weighted by atomic mass is 32.1. The van der Waals surface area contributed by atoms with Gasteiger partial charge in [0.25, 0.3) is 0 Å². The van der Waals surface area contributed by atoms with Crippen LogP contribution in [0.2, 0.25) is 0 Å². The zero-order valence-electron chi connectivity index (χ0n) is 21.7. The number of carbonyl (C=O) groups excluding carboxylic acids is 1. The van der Waals surface area contributed by atoms with Crippen LogP contribution in [-0.4, -0.2) is 24.5 Å². The molecule has 6 rings (SSSR count). The number of anilines is 2. The average Bonchev–Trinajstić information content (AvgIpc) is 3.57. The molecule has 2 aromatic heterocycles. The van der Waals surface area contributed by atoms with Gasteiger partial charge in [0, 0.05) is 56.1 Å². The Hall–Kier alpha value is -3.68. The molecule has 1 amide bonds. The maximum Gasteiger partial charge on any atom is 0.244 e. The van der Waals surface area contributed by atoms with Crippen molar-refractivity contribution >= 4 is 60.0 Å². The first-order chi connectivity index (χ1) is 18.4. The predicted octanol–water partition coefficient (Wildman–Crippen LogP) is 6.88. The molecule has 0 saturated heterocycles. The smallest absolute Gasteiger partial charge is 0.244 e. The molecule has 2 heterocycles. The van der Waals surface area contributed by atoms with Crippen molar-refractivity contribution in [1.82, 2.24) is 0 Å².